The lowest BCUT2D eigenvalue weighted by Gasteiger charge is -2.24. The molecule has 1 atom stereocenters. The number of aromatic nitrogens is 2. The molecule has 1 aromatic heterocycles. The Kier molecular flexibility index (Phi) is 7.45. The topological polar surface area (TPSA) is 114 Å². The number of aromatic amines is 1. The van der Waals surface area contributed by atoms with Crippen molar-refractivity contribution in [3.8, 4) is 17.2 Å². The molecule has 0 radical (unpaired) electrons. The van der Waals surface area contributed by atoms with Crippen LogP contribution in [0.25, 0.3) is 16.8 Å². The zero-order valence-corrected chi connectivity index (χ0v) is 23.9. The number of carbonyl (C=O) groups excluding carboxylic acids is 2. The number of imidazole rings is 1. The third-order valence-corrected chi connectivity index (χ3v) is 7.31. The molecular formula is C32H33N3O6. The van der Waals surface area contributed by atoms with Crippen LogP contribution in [-0.2, 0) is 9.59 Å². The lowest BCUT2D eigenvalue weighted by molar-refractivity contribution is -0.132. The van der Waals surface area contributed by atoms with Crippen LogP contribution in [0.2, 0.25) is 0 Å². The van der Waals surface area contributed by atoms with Crippen molar-refractivity contribution in [3.05, 3.63) is 82.4 Å². The standard InChI is InChI=1S/C32H33N3O6/c1-7-41-26-15-19(12-13-24(26)39-5)28-27(29(36)21-16-20(17(2)3)25(40-6)14-18(21)4)30(37)31(38)35(28)32-33-22-10-8-9-11-23(22)34-32/h8-17,28,36H,7H2,1-6H3,(H,33,34)/b29-27+. The number of carbonyl (C=O) groups is 2. The molecule has 0 saturated carbocycles. The number of para-hydroxylation sites is 2. The quantitative estimate of drug-likeness (QED) is 0.155. The second kappa shape index (κ2) is 11.0. The summed E-state index contributed by atoms with van der Waals surface area (Å²) in [7, 11) is 3.13. The van der Waals surface area contributed by atoms with Crippen molar-refractivity contribution in [3.63, 3.8) is 0 Å². The van der Waals surface area contributed by atoms with Gasteiger partial charge in [-0.15, -0.1) is 0 Å². The van der Waals surface area contributed by atoms with E-state index in [1.807, 2.05) is 64.1 Å². The van der Waals surface area contributed by atoms with Crippen LogP contribution in [0.1, 0.15) is 55.0 Å². The van der Waals surface area contributed by atoms with Crippen molar-refractivity contribution in [2.24, 2.45) is 0 Å². The van der Waals surface area contributed by atoms with Crippen LogP contribution in [0.5, 0.6) is 17.2 Å². The van der Waals surface area contributed by atoms with Crippen LogP contribution in [0.4, 0.5) is 5.95 Å². The summed E-state index contributed by atoms with van der Waals surface area (Å²) in [5.41, 5.74) is 3.85. The minimum Gasteiger partial charge on any atom is -0.507 e. The summed E-state index contributed by atoms with van der Waals surface area (Å²) >= 11 is 0. The lowest BCUT2D eigenvalue weighted by Crippen LogP contribution is -2.30. The van der Waals surface area contributed by atoms with Gasteiger partial charge in [-0.1, -0.05) is 32.0 Å². The molecule has 4 aromatic rings. The van der Waals surface area contributed by atoms with Crippen molar-refractivity contribution in [1.29, 1.82) is 0 Å². The van der Waals surface area contributed by atoms with Crippen LogP contribution in [0.3, 0.4) is 0 Å². The number of nitrogens with zero attached hydrogens (tertiary/aromatic N) is 2. The maximum atomic E-state index is 13.8. The summed E-state index contributed by atoms with van der Waals surface area (Å²) in [5.74, 6) is 0.0197. The summed E-state index contributed by atoms with van der Waals surface area (Å²) in [6, 6.07) is 15.2. The molecule has 1 unspecified atom stereocenters. The van der Waals surface area contributed by atoms with Gasteiger partial charge < -0.3 is 24.3 Å². The Balaban J connectivity index is 1.78. The zero-order valence-electron chi connectivity index (χ0n) is 23.9. The molecule has 212 valence electrons. The van der Waals surface area contributed by atoms with E-state index in [1.165, 1.54) is 12.0 Å². The zero-order chi connectivity index (χ0) is 29.4. The SMILES string of the molecule is CCOc1cc(C2/C(=C(\O)c3cc(C(C)C)c(OC)cc3C)C(=O)C(=O)N2c2nc3ccccc3[nH]2)ccc1OC. The Morgan fingerprint density at radius 1 is 1.02 bits per heavy atom. The summed E-state index contributed by atoms with van der Waals surface area (Å²) in [6.07, 6.45) is 0. The minimum absolute atomic E-state index is 0.0500. The highest BCUT2D eigenvalue weighted by Gasteiger charge is 2.48. The predicted octanol–water partition coefficient (Wildman–Crippen LogP) is 6.04. The number of anilines is 1. The number of hydrogen-bond acceptors (Lipinski definition) is 7. The van der Waals surface area contributed by atoms with Gasteiger partial charge in [0.25, 0.3) is 5.78 Å². The van der Waals surface area contributed by atoms with Gasteiger partial charge in [0, 0.05) is 5.56 Å². The molecule has 1 aliphatic heterocycles. The Morgan fingerprint density at radius 2 is 1.76 bits per heavy atom. The van der Waals surface area contributed by atoms with Crippen molar-refractivity contribution in [1.82, 2.24) is 9.97 Å². The molecule has 41 heavy (non-hydrogen) atoms. The Morgan fingerprint density at radius 3 is 2.41 bits per heavy atom. The highest BCUT2D eigenvalue weighted by Crippen LogP contribution is 2.45. The first kappa shape index (κ1) is 27.8. The Labute approximate surface area is 238 Å². The van der Waals surface area contributed by atoms with E-state index in [0.717, 1.165) is 5.56 Å². The Hall–Kier alpha value is -4.79. The molecule has 1 amide bonds. The molecule has 0 bridgehead atoms. The average Bonchev–Trinajstić information content (AvgIpc) is 3.50. The first-order chi connectivity index (χ1) is 19.7. The highest BCUT2D eigenvalue weighted by atomic mass is 16.5. The maximum Gasteiger partial charge on any atom is 0.302 e. The van der Waals surface area contributed by atoms with Gasteiger partial charge in [0.15, 0.2) is 11.5 Å². The van der Waals surface area contributed by atoms with Crippen LogP contribution < -0.4 is 19.1 Å². The summed E-state index contributed by atoms with van der Waals surface area (Å²) < 4.78 is 16.8. The molecule has 9 heteroatoms. The Bertz CT molecular complexity index is 1650. The van der Waals surface area contributed by atoms with E-state index in [0.29, 0.717) is 51.6 Å². The number of benzene rings is 3. The van der Waals surface area contributed by atoms with E-state index in [-0.39, 0.29) is 23.2 Å². The van der Waals surface area contributed by atoms with E-state index in [4.69, 9.17) is 14.2 Å². The fourth-order valence-corrected chi connectivity index (χ4v) is 5.28. The van der Waals surface area contributed by atoms with Crippen LogP contribution in [0.15, 0.2) is 60.2 Å². The number of aliphatic hydroxyl groups excluding tert-OH is 1. The second-order valence-corrected chi connectivity index (χ2v) is 10.2. The normalized spacial score (nSPS) is 16.6. The second-order valence-electron chi connectivity index (χ2n) is 10.2. The number of methoxy groups -OCH3 is 2. The number of aryl methyl sites for hydroxylation is 1. The number of aliphatic hydroxyl groups is 1. The van der Waals surface area contributed by atoms with Crippen molar-refractivity contribution < 1.29 is 28.9 Å². The number of H-pyrrole nitrogens is 1. The van der Waals surface area contributed by atoms with Crippen molar-refractivity contribution >= 4 is 34.4 Å². The summed E-state index contributed by atoms with van der Waals surface area (Å²) in [5, 5.41) is 11.8. The fraction of sp³-hybridized carbons (Fsp3) is 0.281. The molecule has 9 nitrogen and oxygen atoms in total. The first-order valence-electron chi connectivity index (χ1n) is 13.4. The van der Waals surface area contributed by atoms with Gasteiger partial charge in [-0.2, -0.15) is 0 Å². The third-order valence-electron chi connectivity index (χ3n) is 7.31. The lowest BCUT2D eigenvalue weighted by atomic mass is 9.91. The number of amides is 1. The number of nitrogens with one attached hydrogen (secondary N) is 1. The molecule has 1 saturated heterocycles. The smallest absolute Gasteiger partial charge is 0.302 e. The van der Waals surface area contributed by atoms with E-state index in [2.05, 4.69) is 9.97 Å². The number of Topliss-reactive ketones (excluding diaryl/α,β-unsaturated/α-hetero) is 1. The van der Waals surface area contributed by atoms with E-state index < -0.39 is 17.7 Å². The number of hydrogen-bond donors (Lipinski definition) is 2. The first-order valence-corrected chi connectivity index (χ1v) is 13.4. The molecule has 2 N–H and O–H groups in total. The molecule has 1 aliphatic rings. The molecule has 3 aromatic carbocycles. The van der Waals surface area contributed by atoms with Crippen LogP contribution >= 0.6 is 0 Å². The van der Waals surface area contributed by atoms with Gasteiger partial charge in [-0.25, -0.2) is 4.98 Å². The fourth-order valence-electron chi connectivity index (χ4n) is 5.28. The van der Waals surface area contributed by atoms with Gasteiger partial charge in [-0.3, -0.25) is 14.5 Å². The van der Waals surface area contributed by atoms with Crippen molar-refractivity contribution in [2.45, 2.75) is 39.7 Å². The molecule has 2 heterocycles. The van der Waals surface area contributed by atoms with E-state index >= 15 is 0 Å². The number of ketones is 1. The summed E-state index contributed by atoms with van der Waals surface area (Å²) in [6.45, 7) is 8.10. The predicted molar refractivity (Wildman–Crippen MR) is 157 cm³/mol. The molecular weight excluding hydrogens is 522 g/mol. The average molecular weight is 556 g/mol. The maximum absolute atomic E-state index is 13.8. The van der Waals surface area contributed by atoms with Gasteiger partial charge in [0.05, 0.1) is 43.5 Å². The molecule has 0 spiro atoms. The monoisotopic (exact) mass is 555 g/mol. The van der Waals surface area contributed by atoms with Gasteiger partial charge in [0.1, 0.15) is 11.5 Å². The van der Waals surface area contributed by atoms with Crippen LogP contribution in [0, 0.1) is 6.92 Å². The third kappa shape index (κ3) is 4.77. The number of fused-ring (bicyclic) bond motifs is 1. The molecule has 0 aliphatic carbocycles. The highest BCUT2D eigenvalue weighted by molar-refractivity contribution is 6.51. The number of rotatable bonds is 8. The number of ether oxygens (including phenoxy) is 3. The summed E-state index contributed by atoms with van der Waals surface area (Å²) in [4.78, 5) is 36.5. The molecule has 5 rings (SSSR count). The van der Waals surface area contributed by atoms with Crippen molar-refractivity contribution in [2.75, 3.05) is 25.7 Å². The molecule has 1 fully saturated rings. The van der Waals surface area contributed by atoms with Gasteiger partial charge >= 0.3 is 5.91 Å². The minimum atomic E-state index is -0.996. The van der Waals surface area contributed by atoms with E-state index in [1.54, 1.807) is 25.3 Å². The van der Waals surface area contributed by atoms with Gasteiger partial charge in [0.2, 0.25) is 5.95 Å². The largest absolute Gasteiger partial charge is 0.507 e. The van der Waals surface area contributed by atoms with E-state index in [9.17, 15) is 14.7 Å². The van der Waals surface area contributed by atoms with Crippen LogP contribution in [-0.4, -0.2) is 47.6 Å². The van der Waals surface area contributed by atoms with Gasteiger partial charge in [-0.05, 0) is 72.9 Å².